The van der Waals surface area contributed by atoms with Gasteiger partial charge in [-0.15, -0.1) is 0 Å². The second kappa shape index (κ2) is 6.86. The Labute approximate surface area is 154 Å². The summed E-state index contributed by atoms with van der Waals surface area (Å²) in [5, 5.41) is 0. The van der Waals surface area contributed by atoms with Gasteiger partial charge in [-0.2, -0.15) is 0 Å². The van der Waals surface area contributed by atoms with Gasteiger partial charge in [0.1, 0.15) is 6.54 Å². The zero-order valence-electron chi connectivity index (χ0n) is 14.4. The number of carbonyl (C=O) groups is 4. The lowest BCUT2D eigenvalue weighted by Gasteiger charge is -2.14. The molecular formula is C19H17NO7. The van der Waals surface area contributed by atoms with Crippen LogP contribution in [0.3, 0.4) is 0 Å². The predicted molar refractivity (Wildman–Crippen MR) is 89.9 cm³/mol. The summed E-state index contributed by atoms with van der Waals surface area (Å²) in [7, 11) is 0. The first-order valence-electron chi connectivity index (χ1n) is 8.63. The van der Waals surface area contributed by atoms with E-state index in [1.165, 1.54) is 6.07 Å². The van der Waals surface area contributed by atoms with Crippen molar-refractivity contribution in [3.63, 3.8) is 0 Å². The highest BCUT2D eigenvalue weighted by Crippen LogP contribution is 2.35. The minimum absolute atomic E-state index is 0.0946. The lowest BCUT2D eigenvalue weighted by Crippen LogP contribution is -2.37. The fraction of sp³-hybridized carbons (Fsp3) is 0.368. The molecule has 4 rings (SSSR count). The van der Waals surface area contributed by atoms with E-state index in [4.69, 9.17) is 14.2 Å². The Balaban J connectivity index is 1.33. The van der Waals surface area contributed by atoms with Crippen molar-refractivity contribution in [3.8, 4) is 11.5 Å². The largest absolute Gasteiger partial charge is 0.456 e. The van der Waals surface area contributed by atoms with Crippen molar-refractivity contribution in [3.05, 3.63) is 35.9 Å². The molecular weight excluding hydrogens is 354 g/mol. The molecule has 8 heteroatoms. The standard InChI is InChI=1S/C19H17NO7/c21-14(11-5-6-15-16(7-11)27-10-26-15)9-25-17(22)8-20-18(23)12-3-1-2-4-13(12)19(20)24/h1-2,5-7,12-13H,3-4,8-10H2/t12-,13-/m0/s1. The van der Waals surface area contributed by atoms with E-state index in [1.54, 1.807) is 12.1 Å². The van der Waals surface area contributed by atoms with Crippen molar-refractivity contribution >= 4 is 23.6 Å². The van der Waals surface area contributed by atoms with E-state index in [9.17, 15) is 19.2 Å². The first-order chi connectivity index (χ1) is 13.0. The number of carbonyl (C=O) groups excluding carboxylic acids is 4. The van der Waals surface area contributed by atoms with E-state index in [2.05, 4.69) is 0 Å². The van der Waals surface area contributed by atoms with Crippen LogP contribution in [-0.4, -0.2) is 48.4 Å². The number of Topliss-reactive ketones (excluding diaryl/α,β-unsaturated/α-hetero) is 1. The van der Waals surface area contributed by atoms with E-state index in [1.807, 2.05) is 12.2 Å². The van der Waals surface area contributed by atoms with Crippen LogP contribution in [0.1, 0.15) is 23.2 Å². The summed E-state index contributed by atoms with van der Waals surface area (Å²) < 4.78 is 15.3. The number of amides is 2. The highest BCUT2D eigenvalue weighted by Gasteiger charge is 2.47. The third kappa shape index (κ3) is 3.18. The average molecular weight is 371 g/mol. The Morgan fingerprint density at radius 3 is 2.41 bits per heavy atom. The summed E-state index contributed by atoms with van der Waals surface area (Å²) in [5.74, 6) is -1.71. The molecule has 140 valence electrons. The lowest BCUT2D eigenvalue weighted by molar-refractivity contribution is -0.152. The molecule has 1 saturated heterocycles. The molecule has 0 aromatic heterocycles. The lowest BCUT2D eigenvalue weighted by atomic mass is 9.85. The summed E-state index contributed by atoms with van der Waals surface area (Å²) in [6.07, 6.45) is 4.75. The summed E-state index contributed by atoms with van der Waals surface area (Å²) in [5.41, 5.74) is 0.317. The van der Waals surface area contributed by atoms with Gasteiger partial charge in [-0.1, -0.05) is 12.2 Å². The molecule has 0 bridgehead atoms. The van der Waals surface area contributed by atoms with Crippen LogP contribution in [0.2, 0.25) is 0 Å². The van der Waals surface area contributed by atoms with Crippen molar-refractivity contribution < 1.29 is 33.4 Å². The molecule has 3 aliphatic rings. The Morgan fingerprint density at radius 1 is 1.04 bits per heavy atom. The van der Waals surface area contributed by atoms with E-state index in [0.717, 1.165) is 4.90 Å². The van der Waals surface area contributed by atoms with Crippen molar-refractivity contribution in [1.29, 1.82) is 0 Å². The Kier molecular flexibility index (Phi) is 4.39. The number of esters is 1. The second-order valence-corrected chi connectivity index (χ2v) is 6.57. The minimum atomic E-state index is -0.794. The van der Waals surface area contributed by atoms with Gasteiger partial charge in [-0.25, -0.2) is 0 Å². The molecule has 1 aliphatic carbocycles. The van der Waals surface area contributed by atoms with Crippen LogP contribution in [0, 0.1) is 11.8 Å². The number of benzene rings is 1. The molecule has 2 atom stereocenters. The van der Waals surface area contributed by atoms with Crippen molar-refractivity contribution in [2.75, 3.05) is 19.9 Å². The molecule has 1 aromatic carbocycles. The molecule has 27 heavy (non-hydrogen) atoms. The van der Waals surface area contributed by atoms with Gasteiger partial charge in [0.05, 0.1) is 11.8 Å². The monoisotopic (exact) mass is 371 g/mol. The maximum Gasteiger partial charge on any atom is 0.326 e. The Morgan fingerprint density at radius 2 is 1.70 bits per heavy atom. The van der Waals surface area contributed by atoms with Gasteiger partial charge in [0.2, 0.25) is 18.6 Å². The fourth-order valence-electron chi connectivity index (χ4n) is 3.50. The quantitative estimate of drug-likeness (QED) is 0.331. The molecule has 1 aromatic rings. The molecule has 0 spiro atoms. The molecule has 2 aliphatic heterocycles. The SMILES string of the molecule is O=C(CN1C(=O)[C@H]2CC=CC[C@@H]2C1=O)OCC(=O)c1ccc2c(c1)OCO2. The van der Waals surface area contributed by atoms with Crippen molar-refractivity contribution in [2.45, 2.75) is 12.8 Å². The van der Waals surface area contributed by atoms with E-state index < -0.39 is 36.7 Å². The third-order valence-corrected chi connectivity index (χ3v) is 4.94. The molecule has 0 N–H and O–H groups in total. The van der Waals surface area contributed by atoms with Crippen LogP contribution in [0.25, 0.3) is 0 Å². The van der Waals surface area contributed by atoms with Gasteiger partial charge < -0.3 is 14.2 Å². The zero-order valence-corrected chi connectivity index (χ0v) is 14.4. The molecule has 2 amide bonds. The maximum atomic E-state index is 12.3. The number of likely N-dealkylation sites (tertiary alicyclic amines) is 1. The normalized spacial score (nSPS) is 22.7. The second-order valence-electron chi connectivity index (χ2n) is 6.57. The molecule has 8 nitrogen and oxygen atoms in total. The molecule has 0 radical (unpaired) electrons. The van der Waals surface area contributed by atoms with E-state index in [-0.39, 0.29) is 18.6 Å². The van der Waals surface area contributed by atoms with Gasteiger partial charge >= 0.3 is 5.97 Å². The van der Waals surface area contributed by atoms with Gasteiger partial charge in [-0.3, -0.25) is 24.1 Å². The number of ether oxygens (including phenoxy) is 3. The summed E-state index contributed by atoms with van der Waals surface area (Å²) >= 11 is 0. The Hall–Kier alpha value is -3.16. The van der Waals surface area contributed by atoms with Crippen molar-refractivity contribution in [2.24, 2.45) is 11.8 Å². The van der Waals surface area contributed by atoms with Gasteiger partial charge in [0.15, 0.2) is 23.9 Å². The molecule has 0 unspecified atom stereocenters. The number of hydrogen-bond donors (Lipinski definition) is 0. The van der Waals surface area contributed by atoms with Crippen molar-refractivity contribution in [1.82, 2.24) is 4.90 Å². The molecule has 1 fully saturated rings. The zero-order chi connectivity index (χ0) is 19.0. The summed E-state index contributed by atoms with van der Waals surface area (Å²) in [6, 6.07) is 4.67. The van der Waals surface area contributed by atoms with E-state index >= 15 is 0 Å². The van der Waals surface area contributed by atoms with Crippen LogP contribution in [-0.2, 0) is 19.1 Å². The highest BCUT2D eigenvalue weighted by molar-refractivity contribution is 6.07. The van der Waals surface area contributed by atoms with Crippen LogP contribution < -0.4 is 9.47 Å². The first kappa shape index (κ1) is 17.3. The van der Waals surface area contributed by atoms with Crippen LogP contribution >= 0.6 is 0 Å². The topological polar surface area (TPSA) is 99.2 Å². The number of allylic oxidation sites excluding steroid dienone is 2. The number of nitrogens with zero attached hydrogens (tertiary/aromatic N) is 1. The smallest absolute Gasteiger partial charge is 0.326 e. The number of hydrogen-bond acceptors (Lipinski definition) is 7. The fourth-order valence-corrected chi connectivity index (χ4v) is 3.50. The predicted octanol–water partition coefficient (Wildman–Crippen LogP) is 1.09. The van der Waals surface area contributed by atoms with Gasteiger partial charge in [0, 0.05) is 5.56 Å². The van der Waals surface area contributed by atoms with Crippen LogP contribution in [0.5, 0.6) is 11.5 Å². The Bertz CT molecular complexity index is 834. The number of fused-ring (bicyclic) bond motifs is 2. The molecule has 0 saturated carbocycles. The van der Waals surface area contributed by atoms with Crippen LogP contribution in [0.4, 0.5) is 0 Å². The average Bonchev–Trinajstić information content (AvgIpc) is 3.25. The first-order valence-corrected chi connectivity index (χ1v) is 8.63. The van der Waals surface area contributed by atoms with Crippen LogP contribution in [0.15, 0.2) is 30.4 Å². The molecule has 2 heterocycles. The summed E-state index contributed by atoms with van der Waals surface area (Å²) in [6.45, 7) is -0.862. The third-order valence-electron chi connectivity index (χ3n) is 4.94. The number of imide groups is 1. The number of rotatable bonds is 5. The van der Waals surface area contributed by atoms with Gasteiger partial charge in [-0.05, 0) is 31.0 Å². The highest BCUT2D eigenvalue weighted by atomic mass is 16.7. The van der Waals surface area contributed by atoms with E-state index in [0.29, 0.717) is 29.9 Å². The minimum Gasteiger partial charge on any atom is -0.456 e. The maximum absolute atomic E-state index is 12.3. The van der Waals surface area contributed by atoms with Gasteiger partial charge in [0.25, 0.3) is 0 Å². The number of ketones is 1. The summed E-state index contributed by atoms with van der Waals surface area (Å²) in [4.78, 5) is 49.8.